The summed E-state index contributed by atoms with van der Waals surface area (Å²) >= 11 is 0. The third-order valence-corrected chi connectivity index (χ3v) is 6.52. The minimum atomic E-state index is -3.58. The smallest absolute Gasteiger partial charge is 0.344 e. The number of hydrogen-bond acceptors (Lipinski definition) is 6. The van der Waals surface area contributed by atoms with Crippen molar-refractivity contribution < 1.29 is 27.5 Å². The average Bonchev–Trinajstić information content (AvgIpc) is 3.28. The molecule has 2 aromatic carbocycles. The summed E-state index contributed by atoms with van der Waals surface area (Å²) in [4.78, 5) is 24.0. The Kier molecular flexibility index (Phi) is 7.07. The Balaban J connectivity index is 1.50. The second-order valence-electron chi connectivity index (χ2n) is 6.90. The molecule has 0 spiro atoms. The first-order valence-corrected chi connectivity index (χ1v) is 11.0. The number of hydrogen-bond donors (Lipinski definition) is 1. The van der Waals surface area contributed by atoms with Gasteiger partial charge in [-0.15, -0.1) is 0 Å². The fraction of sp³-hybridized carbons (Fsp3) is 0.333. The van der Waals surface area contributed by atoms with Gasteiger partial charge in [-0.25, -0.2) is 13.2 Å². The number of amides is 1. The molecule has 3 rings (SSSR count). The van der Waals surface area contributed by atoms with E-state index in [2.05, 4.69) is 5.32 Å². The molecule has 30 heavy (non-hydrogen) atoms. The zero-order chi connectivity index (χ0) is 21.6. The van der Waals surface area contributed by atoms with E-state index in [1.165, 1.54) is 16.4 Å². The highest BCUT2D eigenvalue weighted by molar-refractivity contribution is 7.89. The lowest BCUT2D eigenvalue weighted by Gasteiger charge is -2.16. The quantitative estimate of drug-likeness (QED) is 0.643. The van der Waals surface area contributed by atoms with Crippen molar-refractivity contribution in [2.24, 2.45) is 0 Å². The summed E-state index contributed by atoms with van der Waals surface area (Å²) in [6.45, 7) is 2.03. The van der Waals surface area contributed by atoms with Crippen molar-refractivity contribution in [2.45, 2.75) is 24.7 Å². The molecular weight excluding hydrogens is 408 g/mol. The fourth-order valence-corrected chi connectivity index (χ4v) is 4.62. The summed E-state index contributed by atoms with van der Waals surface area (Å²) in [5, 5.41) is 2.54. The van der Waals surface area contributed by atoms with Crippen LogP contribution in [0.4, 0.5) is 5.69 Å². The normalized spacial score (nSPS) is 14.3. The van der Waals surface area contributed by atoms with E-state index in [9.17, 15) is 18.0 Å². The second kappa shape index (κ2) is 9.73. The molecule has 0 aliphatic carbocycles. The highest BCUT2D eigenvalue weighted by Crippen LogP contribution is 2.23. The van der Waals surface area contributed by atoms with Crippen LogP contribution >= 0.6 is 0 Å². The predicted molar refractivity (Wildman–Crippen MR) is 111 cm³/mol. The van der Waals surface area contributed by atoms with E-state index >= 15 is 0 Å². The molecule has 160 valence electrons. The third kappa shape index (κ3) is 5.58. The number of sulfonamides is 1. The molecule has 8 nitrogen and oxygen atoms in total. The van der Waals surface area contributed by atoms with Gasteiger partial charge in [0.05, 0.1) is 4.90 Å². The first kappa shape index (κ1) is 21.8. The van der Waals surface area contributed by atoms with Gasteiger partial charge in [0.2, 0.25) is 10.0 Å². The average molecular weight is 432 g/mol. The number of nitrogens with zero attached hydrogens (tertiary/aromatic N) is 1. The minimum absolute atomic E-state index is 0.117. The van der Waals surface area contributed by atoms with Crippen molar-refractivity contribution in [1.29, 1.82) is 0 Å². The van der Waals surface area contributed by atoms with Crippen LogP contribution in [0.15, 0.2) is 53.4 Å². The Morgan fingerprint density at radius 3 is 2.50 bits per heavy atom. The zero-order valence-electron chi connectivity index (χ0n) is 16.7. The molecule has 0 aromatic heterocycles. The van der Waals surface area contributed by atoms with E-state index in [-0.39, 0.29) is 11.5 Å². The summed E-state index contributed by atoms with van der Waals surface area (Å²) < 4.78 is 37.0. The van der Waals surface area contributed by atoms with Crippen LogP contribution in [0.1, 0.15) is 18.4 Å². The highest BCUT2D eigenvalue weighted by atomic mass is 32.2. The molecular formula is C21H24N2O6S. The molecule has 1 aliphatic heterocycles. The number of para-hydroxylation sites is 1. The van der Waals surface area contributed by atoms with Gasteiger partial charge in [-0.3, -0.25) is 4.79 Å². The van der Waals surface area contributed by atoms with E-state index in [0.717, 1.165) is 18.4 Å². The maximum absolute atomic E-state index is 12.6. The van der Waals surface area contributed by atoms with E-state index in [0.29, 0.717) is 24.5 Å². The molecule has 1 saturated heterocycles. The van der Waals surface area contributed by atoms with Crippen molar-refractivity contribution in [3.05, 3.63) is 54.1 Å². The molecule has 1 N–H and O–H groups in total. The Hall–Kier alpha value is -2.91. The van der Waals surface area contributed by atoms with Crippen LogP contribution in [0.3, 0.4) is 0 Å². The lowest BCUT2D eigenvalue weighted by molar-refractivity contribution is -0.149. The molecule has 1 aliphatic rings. The van der Waals surface area contributed by atoms with E-state index in [1.807, 2.05) is 19.1 Å². The predicted octanol–water partition coefficient (Wildman–Crippen LogP) is 2.34. The van der Waals surface area contributed by atoms with Gasteiger partial charge in [-0.1, -0.05) is 24.3 Å². The molecule has 1 amide bonds. The van der Waals surface area contributed by atoms with Crippen molar-refractivity contribution in [3.8, 4) is 5.75 Å². The second-order valence-corrected chi connectivity index (χ2v) is 8.84. The monoisotopic (exact) mass is 432 g/mol. The van der Waals surface area contributed by atoms with Gasteiger partial charge < -0.3 is 14.8 Å². The Morgan fingerprint density at radius 2 is 1.77 bits per heavy atom. The summed E-state index contributed by atoms with van der Waals surface area (Å²) in [5.41, 5.74) is 1.19. The number of rotatable bonds is 8. The maximum atomic E-state index is 12.6. The van der Waals surface area contributed by atoms with Crippen LogP contribution in [0.25, 0.3) is 0 Å². The summed E-state index contributed by atoms with van der Waals surface area (Å²) in [6, 6.07) is 13.3. The maximum Gasteiger partial charge on any atom is 0.344 e. The van der Waals surface area contributed by atoms with Crippen molar-refractivity contribution in [3.63, 3.8) is 0 Å². The van der Waals surface area contributed by atoms with Crippen molar-refractivity contribution in [1.82, 2.24) is 4.31 Å². The largest absolute Gasteiger partial charge is 0.482 e. The van der Waals surface area contributed by atoms with Crippen molar-refractivity contribution in [2.75, 3.05) is 31.6 Å². The van der Waals surface area contributed by atoms with Crippen LogP contribution in [-0.2, 0) is 24.3 Å². The Bertz CT molecular complexity index is 1020. The van der Waals surface area contributed by atoms with Crippen LogP contribution in [0.2, 0.25) is 0 Å². The van der Waals surface area contributed by atoms with Gasteiger partial charge in [0, 0.05) is 18.8 Å². The molecule has 0 saturated carbocycles. The number of carbonyl (C=O) groups excluding carboxylic acids is 2. The molecule has 0 radical (unpaired) electrons. The van der Waals surface area contributed by atoms with Gasteiger partial charge in [0.15, 0.2) is 13.2 Å². The number of ether oxygens (including phenoxy) is 2. The van der Waals surface area contributed by atoms with Gasteiger partial charge in [-0.2, -0.15) is 4.31 Å². The van der Waals surface area contributed by atoms with Gasteiger partial charge in [0.25, 0.3) is 5.91 Å². The van der Waals surface area contributed by atoms with Gasteiger partial charge in [0.1, 0.15) is 5.75 Å². The summed E-state index contributed by atoms with van der Waals surface area (Å²) in [7, 11) is -3.58. The fourth-order valence-electron chi connectivity index (χ4n) is 3.05. The number of nitrogens with one attached hydrogen (secondary N) is 1. The lowest BCUT2D eigenvalue weighted by atomic mass is 10.2. The van der Waals surface area contributed by atoms with E-state index in [4.69, 9.17) is 9.47 Å². The van der Waals surface area contributed by atoms with E-state index in [1.54, 1.807) is 24.3 Å². The van der Waals surface area contributed by atoms with Crippen LogP contribution < -0.4 is 10.1 Å². The molecule has 2 aromatic rings. The topological polar surface area (TPSA) is 102 Å². The van der Waals surface area contributed by atoms with Crippen molar-refractivity contribution >= 4 is 27.6 Å². The number of esters is 1. The summed E-state index contributed by atoms with van der Waals surface area (Å²) in [6.07, 6.45) is 1.68. The molecule has 0 unspecified atom stereocenters. The van der Waals surface area contributed by atoms with Crippen LogP contribution in [0.5, 0.6) is 5.75 Å². The molecule has 9 heteroatoms. The number of benzene rings is 2. The number of carbonyl (C=O) groups is 2. The SMILES string of the molecule is Cc1ccccc1OCC(=O)OCC(=O)Nc1cccc(S(=O)(=O)N2CCCC2)c1. The van der Waals surface area contributed by atoms with Gasteiger partial charge >= 0.3 is 5.97 Å². The first-order valence-electron chi connectivity index (χ1n) is 9.60. The molecule has 1 heterocycles. The minimum Gasteiger partial charge on any atom is -0.482 e. The van der Waals surface area contributed by atoms with Gasteiger partial charge in [-0.05, 0) is 49.6 Å². The molecule has 1 fully saturated rings. The number of anilines is 1. The Morgan fingerprint density at radius 1 is 1.03 bits per heavy atom. The summed E-state index contributed by atoms with van der Waals surface area (Å²) in [5.74, 6) is -0.691. The first-order chi connectivity index (χ1) is 14.4. The van der Waals surface area contributed by atoms with Crippen LogP contribution in [-0.4, -0.2) is 50.9 Å². The van der Waals surface area contributed by atoms with Crippen LogP contribution in [0, 0.1) is 6.92 Å². The van der Waals surface area contributed by atoms with E-state index < -0.39 is 28.5 Å². The lowest BCUT2D eigenvalue weighted by Crippen LogP contribution is -2.28. The standard InChI is InChI=1S/C21H24N2O6S/c1-16-7-2-3-10-19(16)28-15-21(25)29-14-20(24)22-17-8-6-9-18(13-17)30(26,27)23-11-4-5-12-23/h2-3,6-10,13H,4-5,11-12,14-15H2,1H3,(H,22,24). The number of aryl methyl sites for hydroxylation is 1. The highest BCUT2D eigenvalue weighted by Gasteiger charge is 2.27. The molecule has 0 bridgehead atoms. The molecule has 0 atom stereocenters. The zero-order valence-corrected chi connectivity index (χ0v) is 17.5. The third-order valence-electron chi connectivity index (χ3n) is 4.62. The Labute approximate surface area is 175 Å².